The maximum Gasteiger partial charge on any atom is 0.337 e. The van der Waals surface area contributed by atoms with Crippen molar-refractivity contribution in [2.75, 3.05) is 0 Å². The topological polar surface area (TPSA) is 175 Å². The Bertz CT molecular complexity index is 2130. The molecule has 6 rings (SSSR count). The Morgan fingerprint density at radius 2 is 0.941 bits per heavy atom. The second-order valence-electron chi connectivity index (χ2n) is 10.5. The van der Waals surface area contributed by atoms with Crippen molar-refractivity contribution in [3.63, 3.8) is 0 Å². The SMILES string of the molecule is Cc1nn(-c2ccccc2Cl)c(O)c1C=Nc1ccccc1C(=O)O.Cc1nn(-c2ccccc2Cl)c(O)c1C=Nc1ccccc1C(=O)O.[Cr]. The quantitative estimate of drug-likeness (QED) is 0.113. The number of benzene rings is 4. The molecule has 0 atom stereocenters. The third-order valence-corrected chi connectivity index (χ3v) is 7.90. The minimum Gasteiger partial charge on any atom is -0.493 e. The van der Waals surface area contributed by atoms with E-state index in [1.807, 2.05) is 0 Å². The van der Waals surface area contributed by atoms with Gasteiger partial charge in [0.15, 0.2) is 0 Å². The smallest absolute Gasteiger partial charge is 0.337 e. The van der Waals surface area contributed by atoms with Gasteiger partial charge in [-0.3, -0.25) is 9.98 Å². The molecule has 0 unspecified atom stereocenters. The fraction of sp³-hybridized carbons (Fsp3) is 0.0556. The van der Waals surface area contributed by atoms with Gasteiger partial charge in [-0.1, -0.05) is 71.7 Å². The number of carboxylic acids is 2. The number of carboxylic acid groups (broad SMARTS) is 2. The summed E-state index contributed by atoms with van der Waals surface area (Å²) in [5.74, 6) is -2.38. The molecule has 0 fully saturated rings. The van der Waals surface area contributed by atoms with Crippen LogP contribution in [0.1, 0.15) is 43.2 Å². The van der Waals surface area contributed by atoms with E-state index < -0.39 is 11.9 Å². The van der Waals surface area contributed by atoms with Gasteiger partial charge < -0.3 is 20.4 Å². The van der Waals surface area contributed by atoms with Crippen molar-refractivity contribution in [3.8, 4) is 23.1 Å². The van der Waals surface area contributed by atoms with Crippen molar-refractivity contribution >= 4 is 58.9 Å². The Morgan fingerprint density at radius 3 is 1.29 bits per heavy atom. The van der Waals surface area contributed by atoms with Crippen LogP contribution in [-0.2, 0) is 17.4 Å². The zero-order chi connectivity index (χ0) is 35.9. The number of aliphatic imine (C=N–C) groups is 2. The first-order valence-corrected chi connectivity index (χ1v) is 15.5. The van der Waals surface area contributed by atoms with Crippen molar-refractivity contribution in [3.05, 3.63) is 141 Å². The van der Waals surface area contributed by atoms with Gasteiger partial charge in [-0.15, -0.1) is 0 Å². The molecular formula is C36H28Cl2CrN6O6. The van der Waals surface area contributed by atoms with Crippen molar-refractivity contribution in [2.24, 2.45) is 9.98 Å². The van der Waals surface area contributed by atoms with Crippen LogP contribution < -0.4 is 0 Å². The normalized spacial score (nSPS) is 10.9. The van der Waals surface area contributed by atoms with Crippen LogP contribution in [0.25, 0.3) is 11.4 Å². The van der Waals surface area contributed by atoms with E-state index in [9.17, 15) is 30.0 Å². The number of hydrogen-bond donors (Lipinski definition) is 4. The molecule has 0 radical (unpaired) electrons. The van der Waals surface area contributed by atoms with E-state index in [0.29, 0.717) is 55.3 Å². The summed E-state index contributed by atoms with van der Waals surface area (Å²) in [6.45, 7) is 3.44. The molecule has 4 aromatic carbocycles. The second kappa shape index (κ2) is 16.8. The standard InChI is InChI=1S/2C18H14ClN3O3.Cr/c2*1-11-13(10-20-15-8-4-2-6-12(15)18(24)25)17(23)22(21-11)16-9-5-3-7-14(16)19;/h2*2-10,23H,1H3,(H,24,25);. The molecule has 2 heterocycles. The van der Waals surface area contributed by atoms with Crippen LogP contribution in [0.3, 0.4) is 0 Å². The minimum atomic E-state index is -1.07. The fourth-order valence-corrected chi connectivity index (χ4v) is 5.17. The van der Waals surface area contributed by atoms with E-state index in [1.54, 1.807) is 98.8 Å². The second-order valence-corrected chi connectivity index (χ2v) is 11.3. The molecule has 0 aliphatic heterocycles. The van der Waals surface area contributed by atoms with Crippen LogP contribution in [-0.4, -0.2) is 64.4 Å². The van der Waals surface area contributed by atoms with E-state index >= 15 is 0 Å². The molecule has 0 aliphatic carbocycles. The third-order valence-electron chi connectivity index (χ3n) is 7.26. The number of halogens is 2. The molecule has 0 aliphatic rings. The Balaban J connectivity index is 0.000000224. The van der Waals surface area contributed by atoms with Crippen LogP contribution >= 0.6 is 23.2 Å². The number of carbonyl (C=O) groups is 2. The van der Waals surface area contributed by atoms with Crippen molar-refractivity contribution < 1.29 is 47.4 Å². The van der Waals surface area contributed by atoms with Gasteiger partial charge in [-0.05, 0) is 62.4 Å². The molecule has 258 valence electrons. The molecular weight excluding hydrogens is 735 g/mol. The molecule has 15 heteroatoms. The molecule has 6 aromatic rings. The molecule has 0 saturated heterocycles. The van der Waals surface area contributed by atoms with Gasteiger partial charge in [-0.25, -0.2) is 9.59 Å². The van der Waals surface area contributed by atoms with E-state index in [2.05, 4.69) is 20.2 Å². The summed E-state index contributed by atoms with van der Waals surface area (Å²) in [6.07, 6.45) is 2.79. The summed E-state index contributed by atoms with van der Waals surface area (Å²) >= 11 is 12.3. The summed E-state index contributed by atoms with van der Waals surface area (Å²) in [5, 5.41) is 48.8. The molecule has 12 nitrogen and oxygen atoms in total. The van der Waals surface area contributed by atoms with Gasteiger partial charge in [0.2, 0.25) is 11.8 Å². The van der Waals surface area contributed by atoms with Crippen molar-refractivity contribution in [2.45, 2.75) is 13.8 Å². The summed E-state index contributed by atoms with van der Waals surface area (Å²) in [4.78, 5) is 30.9. The van der Waals surface area contributed by atoms with E-state index in [1.165, 1.54) is 33.9 Å². The fourth-order valence-electron chi connectivity index (χ4n) is 4.74. The molecule has 51 heavy (non-hydrogen) atoms. The maximum atomic E-state index is 11.2. The van der Waals surface area contributed by atoms with E-state index in [4.69, 9.17) is 23.2 Å². The number of aromatic hydroxyl groups is 2. The average Bonchev–Trinajstić information content (AvgIpc) is 3.55. The number of para-hydroxylation sites is 4. The first-order chi connectivity index (χ1) is 24.0. The molecule has 0 spiro atoms. The number of aryl methyl sites for hydroxylation is 2. The Kier molecular flexibility index (Phi) is 12.6. The zero-order valence-corrected chi connectivity index (χ0v) is 29.6. The first-order valence-electron chi connectivity index (χ1n) is 14.8. The Hall–Kier alpha value is -5.71. The van der Waals surface area contributed by atoms with Gasteiger partial charge in [0, 0.05) is 29.8 Å². The Labute approximate surface area is 312 Å². The van der Waals surface area contributed by atoms with Gasteiger partial charge in [-0.2, -0.15) is 19.6 Å². The van der Waals surface area contributed by atoms with Crippen molar-refractivity contribution in [1.29, 1.82) is 0 Å². The number of rotatable bonds is 8. The Morgan fingerprint density at radius 1 is 0.608 bits per heavy atom. The van der Waals surface area contributed by atoms with Crippen molar-refractivity contribution in [1.82, 2.24) is 19.6 Å². The molecule has 4 N–H and O–H groups in total. The molecule has 0 saturated carbocycles. The third kappa shape index (κ3) is 8.54. The van der Waals surface area contributed by atoms with Crippen LogP contribution in [0, 0.1) is 13.8 Å². The summed E-state index contributed by atoms with van der Waals surface area (Å²) in [6, 6.07) is 26.7. The van der Waals surface area contributed by atoms with E-state index in [-0.39, 0.29) is 40.2 Å². The minimum absolute atomic E-state index is 0. The maximum absolute atomic E-state index is 11.2. The molecule has 0 bridgehead atoms. The molecule has 2 aromatic heterocycles. The van der Waals surface area contributed by atoms with Crippen LogP contribution in [0.2, 0.25) is 10.0 Å². The van der Waals surface area contributed by atoms with Gasteiger partial charge in [0.25, 0.3) is 0 Å². The predicted octanol–water partition coefficient (Wildman–Crippen LogP) is 7.97. The monoisotopic (exact) mass is 762 g/mol. The molecule has 0 amide bonds. The van der Waals surface area contributed by atoms with Gasteiger partial charge >= 0.3 is 11.9 Å². The first kappa shape index (κ1) is 38.1. The average molecular weight is 764 g/mol. The predicted molar refractivity (Wildman–Crippen MR) is 191 cm³/mol. The summed E-state index contributed by atoms with van der Waals surface area (Å²) in [7, 11) is 0. The number of aromatic nitrogens is 4. The number of hydrogen-bond acceptors (Lipinski definition) is 8. The zero-order valence-electron chi connectivity index (χ0n) is 26.8. The summed E-state index contributed by atoms with van der Waals surface area (Å²) < 4.78 is 2.64. The number of aromatic carboxylic acids is 2. The van der Waals surface area contributed by atoms with Gasteiger partial charge in [0.1, 0.15) is 0 Å². The van der Waals surface area contributed by atoms with Gasteiger partial charge in [0.05, 0.1) is 66.4 Å². The largest absolute Gasteiger partial charge is 0.493 e. The van der Waals surface area contributed by atoms with E-state index in [0.717, 1.165) is 0 Å². The van der Waals surface area contributed by atoms with Crippen LogP contribution in [0.15, 0.2) is 107 Å². The number of nitrogens with zero attached hydrogens (tertiary/aromatic N) is 6. The van der Waals surface area contributed by atoms with Crippen LogP contribution in [0.5, 0.6) is 11.8 Å². The van der Waals surface area contributed by atoms with Crippen LogP contribution in [0.4, 0.5) is 11.4 Å². The summed E-state index contributed by atoms with van der Waals surface area (Å²) in [5.41, 5.74) is 3.66.